The molecule has 1 aliphatic rings. The minimum atomic E-state index is 0. The van der Waals surface area contributed by atoms with E-state index in [-0.39, 0.29) is 21.1 Å². The van der Waals surface area contributed by atoms with Crippen molar-refractivity contribution in [2.24, 2.45) is 0 Å². The van der Waals surface area contributed by atoms with Gasteiger partial charge in [-0.25, -0.2) is 4.98 Å². The summed E-state index contributed by atoms with van der Waals surface area (Å²) in [5.41, 5.74) is 6.15. The van der Waals surface area contributed by atoms with E-state index in [0.717, 1.165) is 55.4 Å². The summed E-state index contributed by atoms with van der Waals surface area (Å²) in [5.74, 6) is 0.982. The van der Waals surface area contributed by atoms with Gasteiger partial charge in [0.25, 0.3) is 0 Å². The minimum absolute atomic E-state index is 0. The Kier molecular flexibility index (Phi) is 7.19. The van der Waals surface area contributed by atoms with Crippen molar-refractivity contribution in [3.63, 3.8) is 0 Å². The molecule has 5 aromatic carbocycles. The third kappa shape index (κ3) is 5.00. The molecule has 4 heterocycles. The van der Waals surface area contributed by atoms with Gasteiger partial charge >= 0.3 is 0 Å². The first-order valence-corrected chi connectivity index (χ1v) is 14.9. The predicted molar refractivity (Wildman–Crippen MR) is 181 cm³/mol. The maximum Gasteiger partial charge on any atom is 0.216 e. The molecule has 8 aromatic rings. The van der Waals surface area contributed by atoms with E-state index < -0.39 is 0 Å². The maximum absolute atomic E-state index is 6.62. The van der Waals surface area contributed by atoms with Gasteiger partial charge in [-0.2, -0.15) is 6.67 Å². The molecule has 0 saturated carbocycles. The number of aromatic nitrogens is 1. The molecule has 0 atom stereocenters. The Hall–Kier alpha value is -5.52. The second-order valence-electron chi connectivity index (χ2n) is 11.1. The van der Waals surface area contributed by atoms with Crippen molar-refractivity contribution in [2.75, 3.05) is 16.8 Å². The van der Waals surface area contributed by atoms with Crippen molar-refractivity contribution in [1.29, 1.82) is 0 Å². The number of hydrogen-bond donors (Lipinski definition) is 0. The van der Waals surface area contributed by atoms with E-state index in [1.165, 1.54) is 0 Å². The number of ether oxygens (including phenoxy) is 1. The second kappa shape index (κ2) is 11.7. The van der Waals surface area contributed by atoms with Gasteiger partial charge in [0.05, 0.1) is 0 Å². The van der Waals surface area contributed by atoms with Crippen LogP contribution in [-0.4, -0.2) is 16.9 Å². The third-order valence-corrected chi connectivity index (χ3v) is 8.10. The summed E-state index contributed by atoms with van der Waals surface area (Å²) in [6.45, 7) is 2.00. The van der Waals surface area contributed by atoms with E-state index in [1.54, 1.807) is 6.20 Å². The van der Waals surface area contributed by atoms with Crippen LogP contribution in [0.25, 0.3) is 43.9 Å². The van der Waals surface area contributed by atoms with Crippen molar-refractivity contribution >= 4 is 66.6 Å². The summed E-state index contributed by atoms with van der Waals surface area (Å²) < 4.78 is 19.4. The normalized spacial score (nSPS) is 12.8. The van der Waals surface area contributed by atoms with Gasteiger partial charge in [-0.3, -0.25) is 0 Å². The monoisotopic (exact) mass is 792 g/mol. The summed E-state index contributed by atoms with van der Waals surface area (Å²) in [4.78, 5) is 10.6. The molecule has 0 fully saturated rings. The van der Waals surface area contributed by atoms with E-state index in [1.807, 2.05) is 121 Å². The van der Waals surface area contributed by atoms with Crippen molar-refractivity contribution in [3.05, 3.63) is 147 Å². The van der Waals surface area contributed by atoms with Crippen molar-refractivity contribution in [1.82, 2.24) is 9.88 Å². The molecule has 1 aliphatic heterocycles. The number of anilines is 4. The number of hydrogen-bond acceptors (Lipinski definition) is 7. The van der Waals surface area contributed by atoms with Gasteiger partial charge in [0.15, 0.2) is 0 Å². The van der Waals surface area contributed by atoms with E-state index >= 15 is 0 Å². The number of furan rings is 2. The second-order valence-corrected chi connectivity index (χ2v) is 11.1. The summed E-state index contributed by atoms with van der Waals surface area (Å²) in [7, 11) is 1.99. The number of rotatable bonds is 6. The maximum atomic E-state index is 6.62. The van der Waals surface area contributed by atoms with Gasteiger partial charge in [-0.15, -0.1) is 24.3 Å². The fourth-order valence-corrected chi connectivity index (χ4v) is 6.06. The minimum Gasteiger partial charge on any atom is -0.513 e. The fourth-order valence-electron chi connectivity index (χ4n) is 6.06. The Labute approximate surface area is 285 Å². The van der Waals surface area contributed by atoms with E-state index in [9.17, 15) is 0 Å². The molecule has 3 aromatic heterocycles. The molecular formula is C39H25N4O3Pt-3. The van der Waals surface area contributed by atoms with Crippen molar-refractivity contribution < 1.29 is 34.6 Å². The summed E-state index contributed by atoms with van der Waals surface area (Å²) in [5, 5.41) is 3.78. The molecule has 0 radical (unpaired) electrons. The van der Waals surface area contributed by atoms with Crippen LogP contribution < -0.4 is 14.5 Å². The largest absolute Gasteiger partial charge is 0.513 e. The average Bonchev–Trinajstić information content (AvgIpc) is 3.81. The zero-order valence-corrected chi connectivity index (χ0v) is 27.3. The predicted octanol–water partition coefficient (Wildman–Crippen LogP) is 10.1. The van der Waals surface area contributed by atoms with Gasteiger partial charge in [0, 0.05) is 61.3 Å². The number of pyridine rings is 1. The Morgan fingerprint density at radius 3 is 2.23 bits per heavy atom. The Morgan fingerprint density at radius 2 is 1.47 bits per heavy atom. The molecule has 47 heavy (non-hydrogen) atoms. The van der Waals surface area contributed by atoms with Crippen LogP contribution >= 0.6 is 0 Å². The van der Waals surface area contributed by atoms with Crippen LogP contribution in [-0.2, 0) is 21.1 Å². The first-order valence-electron chi connectivity index (χ1n) is 14.9. The van der Waals surface area contributed by atoms with Gasteiger partial charge in [0.1, 0.15) is 11.2 Å². The van der Waals surface area contributed by atoms with Crippen LogP contribution in [0.5, 0.6) is 11.6 Å². The SMILES string of the molecule is CN1C=CN(c2[c-]c(N(c3ccccc3)c3[c-]c(Oc4ccccn4)cc4c3oc3ccccc34)c3c(c2)oc2ccccc23)[CH-]1.[Pt]. The Balaban J connectivity index is 0.00000324. The molecule has 0 spiro atoms. The molecule has 8 heteroatoms. The molecule has 0 amide bonds. The molecule has 0 N–H and O–H groups in total. The molecule has 0 saturated heterocycles. The van der Waals surface area contributed by atoms with Crippen molar-refractivity contribution in [2.45, 2.75) is 0 Å². The number of benzene rings is 5. The van der Waals surface area contributed by atoms with Gasteiger partial charge in [0.2, 0.25) is 5.88 Å². The van der Waals surface area contributed by atoms with Gasteiger partial charge in [-0.05, 0) is 60.9 Å². The first kappa shape index (κ1) is 28.9. The molecule has 0 bridgehead atoms. The molecule has 0 aliphatic carbocycles. The average molecular weight is 793 g/mol. The van der Waals surface area contributed by atoms with Crippen LogP contribution in [0.4, 0.5) is 22.7 Å². The Morgan fingerprint density at radius 1 is 0.723 bits per heavy atom. The molecule has 232 valence electrons. The van der Waals surface area contributed by atoms with Crippen LogP contribution in [0.2, 0.25) is 0 Å². The number of nitrogens with zero attached hydrogens (tertiary/aromatic N) is 4. The summed E-state index contributed by atoms with van der Waals surface area (Å²) in [6, 6.07) is 43.2. The van der Waals surface area contributed by atoms with E-state index in [4.69, 9.17) is 13.6 Å². The molecule has 0 unspecified atom stereocenters. The van der Waals surface area contributed by atoms with Crippen molar-refractivity contribution in [3.8, 4) is 11.6 Å². The zero-order valence-electron chi connectivity index (χ0n) is 25.0. The third-order valence-electron chi connectivity index (χ3n) is 8.10. The van der Waals surface area contributed by atoms with Gasteiger partial charge in [-0.1, -0.05) is 82.8 Å². The standard InChI is InChI=1S/C39H25N4O3.Pt/c1-41-19-20-42(25-41)27-21-32(38-30-14-6-8-16-35(30)45-36(38)22-27)43(26-11-3-2-4-12-26)33-24-28(44-37-17-9-10-18-40-37)23-31-29-13-5-7-15-34(29)46-39(31)33;/h2-20,22-23,25H,1H3;/q-3;. The summed E-state index contributed by atoms with van der Waals surface area (Å²) >= 11 is 0. The van der Waals surface area contributed by atoms with Crippen LogP contribution in [0.3, 0.4) is 0 Å². The first-order chi connectivity index (χ1) is 22.7. The van der Waals surface area contributed by atoms with Crippen LogP contribution in [0.1, 0.15) is 0 Å². The molecule has 7 nitrogen and oxygen atoms in total. The van der Waals surface area contributed by atoms with E-state index in [0.29, 0.717) is 22.9 Å². The van der Waals surface area contributed by atoms with E-state index in [2.05, 4.69) is 46.3 Å². The quantitative estimate of drug-likeness (QED) is 0.156. The fraction of sp³-hybridized carbons (Fsp3) is 0.0256. The zero-order chi connectivity index (χ0) is 30.6. The molecular weight excluding hydrogens is 768 g/mol. The smallest absolute Gasteiger partial charge is 0.216 e. The molecule has 9 rings (SSSR count). The van der Waals surface area contributed by atoms with Gasteiger partial charge < -0.3 is 28.3 Å². The number of fused-ring (bicyclic) bond motifs is 6. The summed E-state index contributed by atoms with van der Waals surface area (Å²) in [6.07, 6.45) is 5.71. The topological polar surface area (TPSA) is 58.1 Å². The number of para-hydroxylation sites is 3. The van der Waals surface area contributed by atoms with Crippen LogP contribution in [0, 0.1) is 18.8 Å². The Bertz CT molecular complexity index is 2420. The van der Waals surface area contributed by atoms with Crippen LogP contribution in [0.15, 0.2) is 137 Å².